The fourth-order valence-electron chi connectivity index (χ4n) is 2.66. The second-order valence-corrected chi connectivity index (χ2v) is 12.5. The van der Waals surface area contributed by atoms with Gasteiger partial charge in [-0.05, 0) is 0 Å². The van der Waals surface area contributed by atoms with Crippen LogP contribution >= 0.6 is 25.4 Å². The maximum atomic E-state index is 11.7. The summed E-state index contributed by atoms with van der Waals surface area (Å²) < 4.78 is 1.75. The normalized spacial score (nSPS) is 14.1. The van der Waals surface area contributed by atoms with Crippen LogP contribution in [0.3, 0.4) is 0 Å². The van der Waals surface area contributed by atoms with E-state index in [0.29, 0.717) is 0 Å². The first kappa shape index (κ1) is 22.9. The molecule has 0 spiro atoms. The van der Waals surface area contributed by atoms with Crippen molar-refractivity contribution in [1.29, 1.82) is 0 Å². The fraction of sp³-hybridized carbons (Fsp3) is 0.941. The Morgan fingerprint density at radius 3 is 1.64 bits per heavy atom. The van der Waals surface area contributed by atoms with E-state index in [2.05, 4.69) is 53.1 Å². The summed E-state index contributed by atoms with van der Waals surface area (Å²) in [5, 5.41) is -0.143. The van der Waals surface area contributed by atoms with E-state index in [4.69, 9.17) is 0 Å². The second-order valence-electron chi connectivity index (χ2n) is 6.18. The summed E-state index contributed by atoms with van der Waals surface area (Å²) in [6.45, 7) is 9.08. The molecule has 0 aliphatic carbocycles. The number of nitrogens with zero attached hydrogens (tertiary/aromatic N) is 1. The van der Waals surface area contributed by atoms with Gasteiger partial charge >= 0.3 is 156 Å². The molecule has 1 amide bonds. The van der Waals surface area contributed by atoms with E-state index in [0.717, 1.165) is 11.8 Å². The van der Waals surface area contributed by atoms with E-state index >= 15 is 0 Å². The minimum absolute atomic E-state index is 0.143. The van der Waals surface area contributed by atoms with Crippen molar-refractivity contribution in [3.05, 3.63) is 0 Å². The van der Waals surface area contributed by atoms with Crippen LogP contribution in [0.1, 0.15) is 79.1 Å². The molecule has 2 unspecified atom stereocenters. The molecule has 2 atom stereocenters. The van der Waals surface area contributed by atoms with E-state index in [9.17, 15) is 4.79 Å². The Hall–Kier alpha value is 0.858. The molecule has 0 heterocycles. The summed E-state index contributed by atoms with van der Waals surface area (Å²) in [6.07, 6.45) is 10.2. The van der Waals surface area contributed by atoms with Crippen molar-refractivity contribution < 1.29 is 22.4 Å². The van der Waals surface area contributed by atoms with Gasteiger partial charge in [-0.3, -0.25) is 0 Å². The molecule has 0 radical (unpaired) electrons. The quantitative estimate of drug-likeness (QED) is 0.238. The SMILES string of the molecule is CCCCC(CC)[CH2][Mo]([CH2]C(CC)CCCC)[N](S)C(=O)S. The van der Waals surface area contributed by atoms with Crippen LogP contribution in [-0.4, -0.2) is 8.10 Å². The molecule has 0 saturated carbocycles. The number of unbranched alkanes of at least 4 members (excludes halogenated alkanes) is 2. The van der Waals surface area contributed by atoms with Gasteiger partial charge < -0.3 is 0 Å². The Bertz CT molecular complexity index is 274. The summed E-state index contributed by atoms with van der Waals surface area (Å²) in [4.78, 5) is 14.2. The molecule has 2 nitrogen and oxygen atoms in total. The van der Waals surface area contributed by atoms with E-state index in [1.54, 1.807) is 2.86 Å². The molecular weight excluding hydrogens is 394 g/mol. The minimum atomic E-state index is -1.70. The van der Waals surface area contributed by atoms with Gasteiger partial charge in [-0.25, -0.2) is 0 Å². The van der Waals surface area contributed by atoms with Crippen molar-refractivity contribution in [3.63, 3.8) is 0 Å². The van der Waals surface area contributed by atoms with Crippen LogP contribution < -0.4 is 0 Å². The third-order valence-corrected chi connectivity index (χ3v) is 12.4. The Labute approximate surface area is 156 Å². The number of hydrogen-bond donors (Lipinski definition) is 2. The zero-order valence-corrected chi connectivity index (χ0v) is 18.7. The number of carbonyl (C=O) groups excluding carboxylic acids is 1. The molecule has 22 heavy (non-hydrogen) atoms. The number of thiol groups is 2. The molecular formula is C17H36MoNOS2. The van der Waals surface area contributed by atoms with Crippen molar-refractivity contribution in [2.24, 2.45) is 11.8 Å². The predicted octanol–water partition coefficient (Wildman–Crippen LogP) is 6.99. The molecule has 0 fully saturated rings. The molecule has 0 aromatic heterocycles. The van der Waals surface area contributed by atoms with E-state index in [1.807, 2.05) is 0 Å². The Morgan fingerprint density at radius 2 is 1.36 bits per heavy atom. The van der Waals surface area contributed by atoms with E-state index in [1.165, 1.54) is 61.0 Å². The van der Waals surface area contributed by atoms with Crippen LogP contribution in [0.2, 0.25) is 9.62 Å². The van der Waals surface area contributed by atoms with Crippen LogP contribution in [0.4, 0.5) is 4.79 Å². The molecule has 0 saturated heterocycles. The van der Waals surface area contributed by atoms with Gasteiger partial charge in [-0.2, -0.15) is 0 Å². The third kappa shape index (κ3) is 9.88. The van der Waals surface area contributed by atoms with Gasteiger partial charge in [0.2, 0.25) is 0 Å². The van der Waals surface area contributed by atoms with Crippen molar-refractivity contribution in [2.75, 3.05) is 0 Å². The summed E-state index contributed by atoms with van der Waals surface area (Å²) >= 11 is 6.84. The summed E-state index contributed by atoms with van der Waals surface area (Å²) in [5.74, 6) is 1.53. The number of carbonyl (C=O) groups is 1. The molecule has 0 aromatic rings. The van der Waals surface area contributed by atoms with E-state index in [-0.39, 0.29) is 5.24 Å². The average Bonchev–Trinajstić information content (AvgIpc) is 2.52. The van der Waals surface area contributed by atoms with Gasteiger partial charge in [0, 0.05) is 0 Å². The summed E-state index contributed by atoms with van der Waals surface area (Å²) in [5.41, 5.74) is 0. The Balaban J connectivity index is 4.75. The van der Waals surface area contributed by atoms with Crippen LogP contribution in [0.15, 0.2) is 0 Å². The van der Waals surface area contributed by atoms with Gasteiger partial charge in [0.05, 0.1) is 0 Å². The van der Waals surface area contributed by atoms with Crippen molar-refractivity contribution in [1.82, 2.24) is 2.86 Å². The van der Waals surface area contributed by atoms with Crippen LogP contribution in [-0.2, 0) is 17.6 Å². The molecule has 0 aliphatic rings. The first-order valence-electron chi connectivity index (χ1n) is 8.89. The molecule has 0 aliphatic heterocycles. The maximum absolute atomic E-state index is 11.7. The number of amides is 1. The van der Waals surface area contributed by atoms with Crippen molar-refractivity contribution in [3.8, 4) is 0 Å². The summed E-state index contributed by atoms with van der Waals surface area (Å²) in [7, 11) is 0. The topological polar surface area (TPSA) is 20.3 Å². The molecule has 0 rings (SSSR count). The van der Waals surface area contributed by atoms with Crippen molar-refractivity contribution in [2.45, 2.75) is 88.7 Å². The first-order valence-corrected chi connectivity index (χ1v) is 13.5. The van der Waals surface area contributed by atoms with Crippen LogP contribution in [0, 0.1) is 11.8 Å². The van der Waals surface area contributed by atoms with Crippen molar-refractivity contribution >= 4 is 30.7 Å². The standard InChI is InChI=1S/2C8H17.CH3NOS2.Mo/c2*1-4-6-7-8(3)5-2;3-1(4)2-5;/h2*8H,3-7H2,1-2H3;(H3,2,3,4,5);/q;;;+1/p-1. The number of rotatable bonds is 13. The third-order valence-electron chi connectivity index (χ3n) is 4.35. The zero-order valence-electron chi connectivity index (χ0n) is 14.9. The predicted molar refractivity (Wildman–Crippen MR) is 101 cm³/mol. The molecule has 133 valence electrons. The molecule has 0 bridgehead atoms. The average molecular weight is 431 g/mol. The van der Waals surface area contributed by atoms with Gasteiger partial charge in [-0.15, -0.1) is 0 Å². The molecule has 0 aromatic carbocycles. The molecule has 0 N–H and O–H groups in total. The fourth-order valence-corrected chi connectivity index (χ4v) is 10.4. The summed E-state index contributed by atoms with van der Waals surface area (Å²) in [6, 6.07) is 0. The van der Waals surface area contributed by atoms with Crippen LogP contribution in [0.25, 0.3) is 0 Å². The number of hydrogen-bond acceptors (Lipinski definition) is 2. The second kappa shape index (κ2) is 14.2. The van der Waals surface area contributed by atoms with Crippen LogP contribution in [0.5, 0.6) is 0 Å². The van der Waals surface area contributed by atoms with Gasteiger partial charge in [0.1, 0.15) is 0 Å². The first-order chi connectivity index (χ1) is 10.5. The monoisotopic (exact) mass is 432 g/mol. The van der Waals surface area contributed by atoms with E-state index < -0.39 is 17.6 Å². The van der Waals surface area contributed by atoms with Gasteiger partial charge in [-0.1, -0.05) is 0 Å². The van der Waals surface area contributed by atoms with Gasteiger partial charge in [0.25, 0.3) is 0 Å². The Morgan fingerprint density at radius 1 is 0.955 bits per heavy atom. The molecule has 5 heteroatoms. The van der Waals surface area contributed by atoms with Gasteiger partial charge in [0.15, 0.2) is 0 Å². The zero-order chi connectivity index (χ0) is 17.0. The Kier molecular flexibility index (Phi) is 14.8.